The number of anilines is 2. The Morgan fingerprint density at radius 3 is 2.74 bits per heavy atom. The van der Waals surface area contributed by atoms with Crippen LogP contribution in [0.25, 0.3) is 0 Å². The first-order chi connectivity index (χ1) is 9.06. The zero-order chi connectivity index (χ0) is 13.8. The van der Waals surface area contributed by atoms with Gasteiger partial charge in [0.1, 0.15) is 0 Å². The summed E-state index contributed by atoms with van der Waals surface area (Å²) in [4.78, 5) is 22.7. The van der Waals surface area contributed by atoms with Crippen molar-refractivity contribution in [3.8, 4) is 0 Å². The lowest BCUT2D eigenvalue weighted by molar-refractivity contribution is 0.0698. The van der Waals surface area contributed by atoms with Gasteiger partial charge in [-0.2, -0.15) is 0 Å². The summed E-state index contributed by atoms with van der Waals surface area (Å²) < 4.78 is 3.48. The molecule has 0 spiro atoms. The second kappa shape index (κ2) is 5.40. The largest absolute Gasteiger partial charge is 0.478 e. The normalized spacial score (nSPS) is 9.95. The van der Waals surface area contributed by atoms with Crippen LogP contribution in [0.15, 0.2) is 18.2 Å². The van der Waals surface area contributed by atoms with Gasteiger partial charge in [-0.15, -0.1) is 0 Å². The first kappa shape index (κ1) is 12.9. The number of carboxylic acid groups (broad SMARTS) is 1. The summed E-state index contributed by atoms with van der Waals surface area (Å²) >= 11 is 0.914. The van der Waals surface area contributed by atoms with Crippen molar-refractivity contribution in [2.24, 2.45) is 0 Å². The van der Waals surface area contributed by atoms with Gasteiger partial charge in [-0.3, -0.25) is 5.32 Å². The molecule has 1 aromatic heterocycles. The fraction of sp³-hybridized carbons (Fsp3) is 0.100. The van der Waals surface area contributed by atoms with E-state index in [9.17, 15) is 9.59 Å². The van der Waals surface area contributed by atoms with E-state index in [1.165, 1.54) is 12.1 Å². The average molecular weight is 279 g/mol. The minimum absolute atomic E-state index is 0.0190. The van der Waals surface area contributed by atoms with Gasteiger partial charge in [0.25, 0.3) is 0 Å². The molecule has 0 aliphatic rings. The van der Waals surface area contributed by atoms with Crippen LogP contribution in [0.3, 0.4) is 0 Å². The molecule has 2 amide bonds. The molecule has 1 heterocycles. The molecule has 98 valence electrons. The molecular formula is C10H9N5O3S. The SMILES string of the molecule is Cc1ccc(NC(=O)Nc2nnns2)c(C(=O)O)c1. The molecule has 0 bridgehead atoms. The predicted molar refractivity (Wildman–Crippen MR) is 68.5 cm³/mol. The number of amides is 2. The van der Waals surface area contributed by atoms with E-state index in [4.69, 9.17) is 5.11 Å². The van der Waals surface area contributed by atoms with Gasteiger partial charge in [0.2, 0.25) is 5.13 Å². The zero-order valence-electron chi connectivity index (χ0n) is 9.75. The Bertz CT molecular complexity index is 614. The maximum atomic E-state index is 11.6. The molecule has 0 aliphatic carbocycles. The smallest absolute Gasteiger partial charge is 0.337 e. The number of aryl methyl sites for hydroxylation is 1. The molecule has 3 N–H and O–H groups in total. The van der Waals surface area contributed by atoms with Crippen molar-refractivity contribution in [2.75, 3.05) is 10.6 Å². The number of carboxylic acids is 1. The Kier molecular flexibility index (Phi) is 3.66. The van der Waals surface area contributed by atoms with Gasteiger partial charge < -0.3 is 10.4 Å². The van der Waals surface area contributed by atoms with Gasteiger partial charge >= 0.3 is 12.0 Å². The minimum Gasteiger partial charge on any atom is -0.478 e. The van der Waals surface area contributed by atoms with Crippen LogP contribution in [0, 0.1) is 6.92 Å². The molecule has 0 unspecified atom stereocenters. The fourth-order valence-electron chi connectivity index (χ4n) is 1.38. The van der Waals surface area contributed by atoms with Crippen LogP contribution in [-0.2, 0) is 0 Å². The third-order valence-corrected chi connectivity index (χ3v) is 2.68. The van der Waals surface area contributed by atoms with Gasteiger partial charge in [-0.25, -0.2) is 9.59 Å². The highest BCUT2D eigenvalue weighted by Crippen LogP contribution is 2.18. The van der Waals surface area contributed by atoms with Crippen molar-refractivity contribution in [1.29, 1.82) is 0 Å². The molecule has 0 atom stereocenters. The Balaban J connectivity index is 2.14. The number of aromatic carboxylic acids is 1. The van der Waals surface area contributed by atoms with Crippen LogP contribution in [0.4, 0.5) is 15.6 Å². The number of nitrogens with one attached hydrogen (secondary N) is 2. The summed E-state index contributed by atoms with van der Waals surface area (Å²) in [5.74, 6) is -1.11. The monoisotopic (exact) mass is 279 g/mol. The molecular weight excluding hydrogens is 270 g/mol. The lowest BCUT2D eigenvalue weighted by atomic mass is 10.1. The lowest BCUT2D eigenvalue weighted by Gasteiger charge is -2.08. The Labute approximate surface area is 111 Å². The van der Waals surface area contributed by atoms with E-state index >= 15 is 0 Å². The van der Waals surface area contributed by atoms with Crippen molar-refractivity contribution >= 4 is 34.4 Å². The molecule has 0 fully saturated rings. The Morgan fingerprint density at radius 1 is 1.32 bits per heavy atom. The molecule has 2 rings (SSSR count). The van der Waals surface area contributed by atoms with Crippen LogP contribution in [0.5, 0.6) is 0 Å². The van der Waals surface area contributed by atoms with Crippen molar-refractivity contribution in [3.05, 3.63) is 29.3 Å². The number of benzene rings is 1. The predicted octanol–water partition coefficient (Wildman–Crippen LogP) is 1.58. The number of aromatic nitrogens is 3. The Morgan fingerprint density at radius 2 is 2.11 bits per heavy atom. The zero-order valence-corrected chi connectivity index (χ0v) is 10.6. The summed E-state index contributed by atoms with van der Waals surface area (Å²) in [5, 5.41) is 21.0. The molecule has 8 nitrogen and oxygen atoms in total. The number of hydrogen-bond donors (Lipinski definition) is 3. The van der Waals surface area contributed by atoms with E-state index in [1.807, 2.05) is 0 Å². The lowest BCUT2D eigenvalue weighted by Crippen LogP contribution is -2.21. The van der Waals surface area contributed by atoms with E-state index in [0.29, 0.717) is 0 Å². The van der Waals surface area contributed by atoms with E-state index in [1.54, 1.807) is 13.0 Å². The molecule has 0 aliphatic heterocycles. The number of urea groups is 1. The van der Waals surface area contributed by atoms with Crippen molar-refractivity contribution in [2.45, 2.75) is 6.92 Å². The van der Waals surface area contributed by atoms with Crippen molar-refractivity contribution in [1.82, 2.24) is 14.8 Å². The Hall–Kier alpha value is -2.55. The summed E-state index contributed by atoms with van der Waals surface area (Å²) in [5.41, 5.74) is 1.01. The number of nitrogens with zero attached hydrogens (tertiary/aromatic N) is 3. The third kappa shape index (κ3) is 3.22. The van der Waals surface area contributed by atoms with Gasteiger partial charge in [-0.1, -0.05) is 21.2 Å². The van der Waals surface area contributed by atoms with Crippen LogP contribution >= 0.6 is 11.5 Å². The quantitative estimate of drug-likeness (QED) is 0.785. The third-order valence-electron chi connectivity index (χ3n) is 2.17. The van der Waals surface area contributed by atoms with E-state index in [0.717, 1.165) is 17.1 Å². The minimum atomic E-state index is -1.11. The highest BCUT2D eigenvalue weighted by atomic mass is 32.1. The van der Waals surface area contributed by atoms with Gasteiger partial charge in [0.05, 0.1) is 11.3 Å². The number of rotatable bonds is 3. The van der Waals surface area contributed by atoms with Crippen molar-refractivity contribution in [3.63, 3.8) is 0 Å². The molecule has 9 heteroatoms. The highest BCUT2D eigenvalue weighted by Gasteiger charge is 2.13. The van der Waals surface area contributed by atoms with Gasteiger partial charge in [0, 0.05) is 11.5 Å². The summed E-state index contributed by atoms with van der Waals surface area (Å²) in [6.45, 7) is 1.77. The van der Waals surface area contributed by atoms with Crippen LogP contribution in [0.1, 0.15) is 15.9 Å². The molecule has 0 radical (unpaired) electrons. The molecule has 1 aromatic carbocycles. The van der Waals surface area contributed by atoms with E-state index in [-0.39, 0.29) is 16.4 Å². The number of carbonyl (C=O) groups is 2. The second-order valence-electron chi connectivity index (χ2n) is 3.60. The van der Waals surface area contributed by atoms with Crippen LogP contribution in [0.2, 0.25) is 0 Å². The average Bonchev–Trinajstić information content (AvgIpc) is 2.83. The van der Waals surface area contributed by atoms with E-state index < -0.39 is 12.0 Å². The summed E-state index contributed by atoms with van der Waals surface area (Å²) in [6.07, 6.45) is 0. The van der Waals surface area contributed by atoms with Crippen molar-refractivity contribution < 1.29 is 14.7 Å². The van der Waals surface area contributed by atoms with Crippen LogP contribution < -0.4 is 10.6 Å². The first-order valence-electron chi connectivity index (χ1n) is 5.13. The highest BCUT2D eigenvalue weighted by molar-refractivity contribution is 7.09. The number of carbonyl (C=O) groups excluding carboxylic acids is 1. The fourth-order valence-corrected chi connectivity index (χ4v) is 1.74. The number of hydrogen-bond acceptors (Lipinski definition) is 6. The first-order valence-corrected chi connectivity index (χ1v) is 5.90. The molecule has 0 saturated heterocycles. The van der Waals surface area contributed by atoms with Gasteiger partial charge in [0.15, 0.2) is 0 Å². The topological polar surface area (TPSA) is 117 Å². The maximum Gasteiger partial charge on any atom is 0.337 e. The second-order valence-corrected chi connectivity index (χ2v) is 4.33. The maximum absolute atomic E-state index is 11.6. The van der Waals surface area contributed by atoms with Crippen LogP contribution in [-0.4, -0.2) is 31.9 Å². The summed E-state index contributed by atoms with van der Waals surface area (Å²) in [6, 6.07) is 4.10. The standard InChI is InChI=1S/C10H9N5O3S/c1-5-2-3-7(6(4-5)8(16)17)11-9(18)12-10-13-14-15-19-10/h2-4H,1H3,(H,16,17)(H2,11,12,13,15,18). The molecule has 0 saturated carbocycles. The molecule has 2 aromatic rings. The van der Waals surface area contributed by atoms with Gasteiger partial charge in [-0.05, 0) is 24.3 Å². The van der Waals surface area contributed by atoms with E-state index in [2.05, 4.69) is 25.4 Å². The summed E-state index contributed by atoms with van der Waals surface area (Å²) in [7, 11) is 0. The molecule has 19 heavy (non-hydrogen) atoms.